The van der Waals surface area contributed by atoms with Gasteiger partial charge in [-0.15, -0.1) is 0 Å². The van der Waals surface area contributed by atoms with E-state index in [4.69, 9.17) is 0 Å². The van der Waals surface area contributed by atoms with Crippen molar-refractivity contribution in [3.05, 3.63) is 0 Å². The van der Waals surface area contributed by atoms with Gasteiger partial charge in [0, 0.05) is 0 Å². The van der Waals surface area contributed by atoms with E-state index in [9.17, 15) is 9.90 Å². The fourth-order valence-electron chi connectivity index (χ4n) is 5.60. The van der Waals surface area contributed by atoms with Crippen LogP contribution in [0.1, 0.15) is 97.3 Å². The number of carboxylic acid groups (broad SMARTS) is 1. The number of hydrogen-bond acceptors (Lipinski definition) is 1. The number of rotatable bonds is 8. The molecule has 2 rings (SSSR count). The van der Waals surface area contributed by atoms with E-state index < -0.39 is 5.97 Å². The number of hydrogen-bond donors (Lipinski definition) is 1. The first kappa shape index (κ1) is 18.8. The molecule has 2 aliphatic rings. The molecule has 2 aliphatic carbocycles. The average molecular weight is 323 g/mol. The van der Waals surface area contributed by atoms with Gasteiger partial charge in [0.1, 0.15) is 0 Å². The minimum absolute atomic E-state index is 0.130. The first-order valence-electron chi connectivity index (χ1n) is 10.4. The Morgan fingerprint density at radius 3 is 1.70 bits per heavy atom. The second-order valence-electron chi connectivity index (χ2n) is 8.22. The summed E-state index contributed by atoms with van der Waals surface area (Å²) in [6.45, 7) is 4.35. The molecular formula is C21H38O2. The van der Waals surface area contributed by atoms with E-state index in [0.29, 0.717) is 5.92 Å². The van der Waals surface area contributed by atoms with Crippen LogP contribution < -0.4 is 0 Å². The number of aliphatic carboxylic acids is 1. The van der Waals surface area contributed by atoms with Crippen LogP contribution >= 0.6 is 0 Å². The summed E-state index contributed by atoms with van der Waals surface area (Å²) in [7, 11) is 0. The van der Waals surface area contributed by atoms with Crippen LogP contribution in [0.15, 0.2) is 0 Å². The molecule has 0 spiro atoms. The average Bonchev–Trinajstić information content (AvgIpc) is 2.59. The van der Waals surface area contributed by atoms with Gasteiger partial charge in [0.2, 0.25) is 0 Å². The van der Waals surface area contributed by atoms with E-state index >= 15 is 0 Å². The third-order valence-corrected chi connectivity index (χ3v) is 6.89. The standard InChI is InChI=1S/C21H38O2/c1-3-16(15-17(4-2)21(22)23)20(18-11-7-5-8-12-18)19-13-9-6-10-14-19/h16-20H,3-15H2,1-2H3,(H,22,23). The van der Waals surface area contributed by atoms with Crippen molar-refractivity contribution in [1.29, 1.82) is 0 Å². The first-order valence-corrected chi connectivity index (χ1v) is 10.4. The van der Waals surface area contributed by atoms with E-state index in [-0.39, 0.29) is 5.92 Å². The van der Waals surface area contributed by atoms with Crippen LogP contribution in [-0.4, -0.2) is 11.1 Å². The second kappa shape index (κ2) is 9.69. The topological polar surface area (TPSA) is 37.3 Å². The van der Waals surface area contributed by atoms with Gasteiger partial charge in [-0.1, -0.05) is 84.5 Å². The molecule has 0 aliphatic heterocycles. The molecule has 0 heterocycles. The van der Waals surface area contributed by atoms with Gasteiger partial charge >= 0.3 is 5.97 Å². The van der Waals surface area contributed by atoms with Crippen molar-refractivity contribution in [3.63, 3.8) is 0 Å². The fraction of sp³-hybridized carbons (Fsp3) is 0.952. The molecule has 23 heavy (non-hydrogen) atoms. The Labute approximate surface area is 143 Å². The maximum atomic E-state index is 11.6. The highest BCUT2D eigenvalue weighted by Gasteiger charge is 2.37. The lowest BCUT2D eigenvalue weighted by Crippen LogP contribution is -2.35. The van der Waals surface area contributed by atoms with Gasteiger partial charge in [0.25, 0.3) is 0 Å². The summed E-state index contributed by atoms with van der Waals surface area (Å²) in [4.78, 5) is 11.6. The highest BCUT2D eigenvalue weighted by atomic mass is 16.4. The zero-order valence-corrected chi connectivity index (χ0v) is 15.4. The summed E-state index contributed by atoms with van der Waals surface area (Å²) in [6.07, 6.45) is 16.9. The SMILES string of the molecule is CCC(CC(CC)C(C1CCCCC1)C1CCCCC1)C(=O)O. The van der Waals surface area contributed by atoms with Crippen molar-refractivity contribution < 1.29 is 9.90 Å². The van der Waals surface area contributed by atoms with Crippen molar-refractivity contribution in [2.24, 2.45) is 29.6 Å². The quantitative estimate of drug-likeness (QED) is 0.570. The molecule has 0 amide bonds. The Hall–Kier alpha value is -0.530. The van der Waals surface area contributed by atoms with E-state index in [1.807, 2.05) is 6.92 Å². The molecule has 2 atom stereocenters. The number of carboxylic acids is 1. The predicted octanol–water partition coefficient (Wildman–Crippen LogP) is 6.29. The van der Waals surface area contributed by atoms with Crippen molar-refractivity contribution in [3.8, 4) is 0 Å². The zero-order valence-electron chi connectivity index (χ0n) is 15.4. The Morgan fingerprint density at radius 2 is 1.35 bits per heavy atom. The van der Waals surface area contributed by atoms with Gasteiger partial charge < -0.3 is 5.11 Å². The minimum atomic E-state index is -0.572. The molecule has 2 saturated carbocycles. The lowest BCUT2D eigenvalue weighted by Gasteiger charge is -2.43. The first-order chi connectivity index (χ1) is 11.2. The van der Waals surface area contributed by atoms with Gasteiger partial charge in [0.05, 0.1) is 5.92 Å². The fourth-order valence-corrected chi connectivity index (χ4v) is 5.60. The molecule has 2 heteroatoms. The summed E-state index contributed by atoms with van der Waals surface area (Å²) in [6, 6.07) is 0. The predicted molar refractivity (Wildman–Crippen MR) is 96.5 cm³/mol. The molecule has 0 bridgehead atoms. The molecule has 134 valence electrons. The lowest BCUT2D eigenvalue weighted by molar-refractivity contribution is -0.142. The maximum absolute atomic E-state index is 11.6. The third-order valence-electron chi connectivity index (χ3n) is 6.89. The van der Waals surface area contributed by atoms with Crippen LogP contribution in [0.5, 0.6) is 0 Å². The van der Waals surface area contributed by atoms with E-state index in [0.717, 1.165) is 30.6 Å². The Bertz CT molecular complexity index is 322. The van der Waals surface area contributed by atoms with Crippen molar-refractivity contribution in [2.45, 2.75) is 97.3 Å². The van der Waals surface area contributed by atoms with Gasteiger partial charge in [0.15, 0.2) is 0 Å². The molecule has 2 fully saturated rings. The summed E-state index contributed by atoms with van der Waals surface area (Å²) in [5.74, 6) is 2.48. The summed E-state index contributed by atoms with van der Waals surface area (Å²) in [5, 5.41) is 9.52. The van der Waals surface area contributed by atoms with E-state index in [1.54, 1.807) is 0 Å². The van der Waals surface area contributed by atoms with Crippen LogP contribution in [0.25, 0.3) is 0 Å². The molecule has 0 radical (unpaired) electrons. The largest absolute Gasteiger partial charge is 0.481 e. The van der Waals surface area contributed by atoms with Crippen LogP contribution in [-0.2, 0) is 4.79 Å². The van der Waals surface area contributed by atoms with Crippen molar-refractivity contribution in [2.75, 3.05) is 0 Å². The molecule has 2 unspecified atom stereocenters. The molecule has 0 aromatic heterocycles. The number of carbonyl (C=O) groups is 1. The molecule has 0 aromatic rings. The normalized spacial score (nSPS) is 23.8. The highest BCUT2D eigenvalue weighted by Crippen LogP contribution is 2.46. The Kier molecular flexibility index (Phi) is 7.92. The van der Waals surface area contributed by atoms with Gasteiger partial charge in [-0.25, -0.2) is 0 Å². The molecule has 0 aromatic carbocycles. The Balaban J connectivity index is 2.12. The van der Waals surface area contributed by atoms with Crippen molar-refractivity contribution >= 4 is 5.97 Å². The van der Waals surface area contributed by atoms with Gasteiger partial charge in [-0.3, -0.25) is 4.79 Å². The molecule has 1 N–H and O–H groups in total. The molecule has 2 nitrogen and oxygen atoms in total. The maximum Gasteiger partial charge on any atom is 0.306 e. The Morgan fingerprint density at radius 1 is 0.870 bits per heavy atom. The monoisotopic (exact) mass is 322 g/mol. The molecular weight excluding hydrogens is 284 g/mol. The van der Waals surface area contributed by atoms with Gasteiger partial charge in [-0.05, 0) is 36.5 Å². The second-order valence-corrected chi connectivity index (χ2v) is 8.22. The summed E-state index contributed by atoms with van der Waals surface area (Å²) in [5.41, 5.74) is 0. The van der Waals surface area contributed by atoms with Crippen molar-refractivity contribution in [1.82, 2.24) is 0 Å². The zero-order chi connectivity index (χ0) is 16.7. The van der Waals surface area contributed by atoms with E-state index in [2.05, 4.69) is 6.92 Å². The third kappa shape index (κ3) is 5.22. The van der Waals surface area contributed by atoms with Gasteiger partial charge in [-0.2, -0.15) is 0 Å². The van der Waals surface area contributed by atoms with E-state index in [1.165, 1.54) is 70.6 Å². The smallest absolute Gasteiger partial charge is 0.306 e. The molecule has 0 saturated heterocycles. The minimum Gasteiger partial charge on any atom is -0.481 e. The van der Waals surface area contributed by atoms with Crippen LogP contribution in [0.4, 0.5) is 0 Å². The van der Waals surface area contributed by atoms with Crippen LogP contribution in [0, 0.1) is 29.6 Å². The van der Waals surface area contributed by atoms with Crippen LogP contribution in [0.3, 0.4) is 0 Å². The summed E-state index contributed by atoms with van der Waals surface area (Å²) < 4.78 is 0. The summed E-state index contributed by atoms with van der Waals surface area (Å²) >= 11 is 0. The lowest BCUT2D eigenvalue weighted by atomic mass is 9.62. The van der Waals surface area contributed by atoms with Crippen LogP contribution in [0.2, 0.25) is 0 Å². The highest BCUT2D eigenvalue weighted by molar-refractivity contribution is 5.69.